The summed E-state index contributed by atoms with van der Waals surface area (Å²) in [5.74, 6) is 0. The molecule has 74 valence electrons. The molecule has 1 heterocycles. The van der Waals surface area contributed by atoms with Gasteiger partial charge in [0.1, 0.15) is 0 Å². The summed E-state index contributed by atoms with van der Waals surface area (Å²) in [6, 6.07) is 0. The number of nitrogens with zero attached hydrogens (tertiary/aromatic N) is 2. The molecule has 6 nitrogen and oxygen atoms in total. The van der Waals surface area contributed by atoms with Gasteiger partial charge in [0.2, 0.25) is 0 Å². The molecular formula is C6H12N3O3P. The Balaban J connectivity index is 1.99. The second-order valence-corrected chi connectivity index (χ2v) is 3.36. The first-order valence-electron chi connectivity index (χ1n) is 4.00. The van der Waals surface area contributed by atoms with Crippen LogP contribution in [0.3, 0.4) is 0 Å². The van der Waals surface area contributed by atoms with Crippen molar-refractivity contribution in [1.29, 1.82) is 0 Å². The molecule has 1 unspecified atom stereocenters. The zero-order chi connectivity index (χ0) is 9.52. The fourth-order valence-corrected chi connectivity index (χ4v) is 1.23. The molecule has 0 saturated carbocycles. The quantitative estimate of drug-likeness (QED) is 0.522. The molecule has 1 rings (SSSR count). The second-order valence-electron chi connectivity index (χ2n) is 2.54. The number of H-pyrrole nitrogens is 1. The number of aromatic nitrogens is 3. The molecule has 0 spiro atoms. The van der Waals surface area contributed by atoms with E-state index >= 15 is 0 Å². The number of aryl methyl sites for hydroxylation is 1. The lowest BCUT2D eigenvalue weighted by Crippen LogP contribution is -1.90. The highest BCUT2D eigenvalue weighted by Gasteiger charge is 1.96. The molecule has 0 aliphatic heterocycles. The molecule has 0 amide bonds. The summed E-state index contributed by atoms with van der Waals surface area (Å²) in [5.41, 5.74) is 0.900. The van der Waals surface area contributed by atoms with Gasteiger partial charge in [-0.1, -0.05) is 5.21 Å². The third kappa shape index (κ3) is 4.77. The first kappa shape index (κ1) is 10.4. The van der Waals surface area contributed by atoms with Crippen molar-refractivity contribution in [3.05, 3.63) is 11.9 Å². The van der Waals surface area contributed by atoms with Crippen molar-refractivity contribution >= 4 is 8.25 Å². The summed E-state index contributed by atoms with van der Waals surface area (Å²) in [6.07, 6.45) is 4.17. The Morgan fingerprint density at radius 3 is 3.08 bits per heavy atom. The van der Waals surface area contributed by atoms with Crippen LogP contribution in [0.5, 0.6) is 0 Å². The summed E-state index contributed by atoms with van der Waals surface area (Å²) in [6.45, 7) is 0.326. The van der Waals surface area contributed by atoms with Crippen molar-refractivity contribution in [2.24, 2.45) is 0 Å². The van der Waals surface area contributed by atoms with Gasteiger partial charge in [-0.3, -0.25) is 9.66 Å². The van der Waals surface area contributed by atoms with E-state index in [1.54, 1.807) is 6.20 Å². The number of unbranched alkanes of at least 4 members (excludes halogenated alkanes) is 1. The average molecular weight is 205 g/mol. The highest BCUT2D eigenvalue weighted by molar-refractivity contribution is 7.32. The topological polar surface area (TPSA) is 88.1 Å². The molecule has 0 fully saturated rings. The molecule has 0 saturated heterocycles. The van der Waals surface area contributed by atoms with Crippen molar-refractivity contribution in [3.8, 4) is 0 Å². The van der Waals surface area contributed by atoms with Crippen molar-refractivity contribution < 1.29 is 14.0 Å². The highest BCUT2D eigenvalue weighted by atomic mass is 31.1. The van der Waals surface area contributed by atoms with Crippen molar-refractivity contribution in [2.75, 3.05) is 6.61 Å². The van der Waals surface area contributed by atoms with Crippen LogP contribution in [0, 0.1) is 0 Å². The van der Waals surface area contributed by atoms with Gasteiger partial charge in [0.25, 0.3) is 0 Å². The van der Waals surface area contributed by atoms with Gasteiger partial charge in [-0.15, -0.1) is 5.10 Å². The molecule has 1 aromatic heterocycles. The second kappa shape index (κ2) is 5.85. The first-order chi connectivity index (χ1) is 6.29. The monoisotopic (exact) mass is 205 g/mol. The summed E-state index contributed by atoms with van der Waals surface area (Å²) < 4.78 is 14.6. The average Bonchev–Trinajstić information content (AvgIpc) is 2.55. The van der Waals surface area contributed by atoms with Gasteiger partial charge in [0.05, 0.1) is 12.3 Å². The Morgan fingerprint density at radius 1 is 1.62 bits per heavy atom. The third-order valence-corrected chi connectivity index (χ3v) is 1.97. The van der Waals surface area contributed by atoms with Crippen LogP contribution in [0.15, 0.2) is 6.20 Å². The van der Waals surface area contributed by atoms with Crippen LogP contribution in [0.2, 0.25) is 0 Å². The van der Waals surface area contributed by atoms with E-state index in [-0.39, 0.29) is 0 Å². The Hall–Kier alpha value is -0.710. The van der Waals surface area contributed by atoms with E-state index in [9.17, 15) is 4.57 Å². The van der Waals surface area contributed by atoms with Crippen LogP contribution < -0.4 is 0 Å². The normalized spacial score (nSPS) is 13.0. The zero-order valence-corrected chi connectivity index (χ0v) is 8.06. The van der Waals surface area contributed by atoms with Crippen LogP contribution in [-0.2, 0) is 15.5 Å². The van der Waals surface area contributed by atoms with Gasteiger partial charge in [0, 0.05) is 6.20 Å². The van der Waals surface area contributed by atoms with Crippen molar-refractivity contribution in [3.63, 3.8) is 0 Å². The minimum absolute atomic E-state index is 0.326. The zero-order valence-electron chi connectivity index (χ0n) is 7.06. The smallest absolute Gasteiger partial charge is 0.316 e. The van der Waals surface area contributed by atoms with Gasteiger partial charge in [-0.05, 0) is 19.3 Å². The molecule has 13 heavy (non-hydrogen) atoms. The fraction of sp³-hybridized carbons (Fsp3) is 0.667. The lowest BCUT2D eigenvalue weighted by Gasteiger charge is -1.98. The largest absolute Gasteiger partial charge is 0.326 e. The maximum atomic E-state index is 10.1. The third-order valence-electron chi connectivity index (χ3n) is 1.52. The van der Waals surface area contributed by atoms with Crippen LogP contribution in [-0.4, -0.2) is 26.9 Å². The van der Waals surface area contributed by atoms with Gasteiger partial charge in [0.15, 0.2) is 0 Å². The molecule has 7 heteroatoms. The molecule has 0 radical (unpaired) electrons. The Labute approximate surface area is 76.3 Å². The highest BCUT2D eigenvalue weighted by Crippen LogP contribution is 2.14. The molecular weight excluding hydrogens is 193 g/mol. The summed E-state index contributed by atoms with van der Waals surface area (Å²) >= 11 is 0. The predicted octanol–water partition coefficient (Wildman–Crippen LogP) is 0.526. The van der Waals surface area contributed by atoms with E-state index in [4.69, 9.17) is 4.89 Å². The number of nitrogens with one attached hydrogen (secondary N) is 1. The standard InChI is InChI=1S/C6H12N3O3P/c10-13(11)12-4-2-1-3-6-5-7-9-8-6/h5,13H,1-4H2,(H,10,11)(H,7,8,9). The number of aromatic amines is 1. The van der Waals surface area contributed by atoms with Crippen molar-refractivity contribution in [2.45, 2.75) is 19.3 Å². The van der Waals surface area contributed by atoms with Gasteiger partial charge < -0.3 is 9.42 Å². The molecule has 2 N–H and O–H groups in total. The molecule has 0 aliphatic carbocycles. The van der Waals surface area contributed by atoms with Crippen LogP contribution in [0.25, 0.3) is 0 Å². The number of rotatable bonds is 6. The summed E-state index contributed by atoms with van der Waals surface area (Å²) in [4.78, 5) is 8.33. The Kier molecular flexibility index (Phi) is 4.67. The van der Waals surface area contributed by atoms with E-state index in [0.717, 1.165) is 25.0 Å². The first-order valence-corrected chi connectivity index (χ1v) is 5.26. The van der Waals surface area contributed by atoms with E-state index in [1.165, 1.54) is 0 Å². The molecule has 0 bridgehead atoms. The number of hydrogen-bond acceptors (Lipinski definition) is 4. The molecule has 1 atom stereocenters. The van der Waals surface area contributed by atoms with Gasteiger partial charge >= 0.3 is 8.25 Å². The van der Waals surface area contributed by atoms with Crippen LogP contribution in [0.1, 0.15) is 18.5 Å². The van der Waals surface area contributed by atoms with Gasteiger partial charge in [-0.2, -0.15) is 0 Å². The maximum Gasteiger partial charge on any atom is 0.316 e. The molecule has 0 aromatic carbocycles. The Bertz CT molecular complexity index is 252. The summed E-state index contributed by atoms with van der Waals surface area (Å²) in [7, 11) is -2.75. The lowest BCUT2D eigenvalue weighted by atomic mass is 10.2. The number of hydrogen-bond donors (Lipinski definition) is 2. The van der Waals surface area contributed by atoms with Crippen LogP contribution >= 0.6 is 8.25 Å². The van der Waals surface area contributed by atoms with E-state index in [1.807, 2.05) is 0 Å². The van der Waals surface area contributed by atoms with E-state index < -0.39 is 8.25 Å². The van der Waals surface area contributed by atoms with E-state index in [2.05, 4.69) is 19.9 Å². The van der Waals surface area contributed by atoms with E-state index in [0.29, 0.717) is 6.61 Å². The van der Waals surface area contributed by atoms with Crippen molar-refractivity contribution in [1.82, 2.24) is 15.4 Å². The predicted molar refractivity (Wildman–Crippen MR) is 46.5 cm³/mol. The van der Waals surface area contributed by atoms with Crippen LogP contribution in [0.4, 0.5) is 0 Å². The molecule has 0 aliphatic rings. The minimum atomic E-state index is -2.75. The SMILES string of the molecule is O=[PH](O)OCCCCc1c[nH]nn1. The molecule has 1 aromatic rings. The minimum Gasteiger partial charge on any atom is -0.326 e. The fourth-order valence-electron chi connectivity index (χ4n) is 0.915. The lowest BCUT2D eigenvalue weighted by molar-refractivity contribution is 0.275. The van der Waals surface area contributed by atoms with Gasteiger partial charge in [-0.25, -0.2) is 0 Å². The maximum absolute atomic E-state index is 10.1. The summed E-state index contributed by atoms with van der Waals surface area (Å²) in [5, 5.41) is 9.97. The Morgan fingerprint density at radius 2 is 2.46 bits per heavy atom.